The molecule has 0 saturated heterocycles. The van der Waals surface area contributed by atoms with Crippen molar-refractivity contribution in [3.8, 4) is 0 Å². The van der Waals surface area contributed by atoms with Crippen molar-refractivity contribution in [3.05, 3.63) is 35.5 Å². The molecule has 0 bridgehead atoms. The Bertz CT molecular complexity index is 683. The summed E-state index contributed by atoms with van der Waals surface area (Å²) in [5.41, 5.74) is 2.60. The second kappa shape index (κ2) is 5.71. The highest BCUT2D eigenvalue weighted by Crippen LogP contribution is 2.35. The fourth-order valence-corrected chi connectivity index (χ4v) is 3.18. The van der Waals surface area contributed by atoms with Gasteiger partial charge in [-0.2, -0.15) is 0 Å². The van der Waals surface area contributed by atoms with Crippen LogP contribution in [0.3, 0.4) is 0 Å². The Balaban J connectivity index is 1.65. The fraction of sp³-hybridized carbons (Fsp3) is 0.471. The molecule has 1 amide bonds. The van der Waals surface area contributed by atoms with E-state index in [1.807, 2.05) is 25.1 Å². The van der Waals surface area contributed by atoms with E-state index in [1.165, 1.54) is 0 Å². The van der Waals surface area contributed by atoms with Crippen molar-refractivity contribution in [3.63, 3.8) is 0 Å². The third-order valence-corrected chi connectivity index (χ3v) is 4.55. The van der Waals surface area contributed by atoms with Gasteiger partial charge in [0.15, 0.2) is 0 Å². The number of hydrogen-bond acceptors (Lipinski definition) is 1. The third kappa shape index (κ3) is 2.98. The maximum atomic E-state index is 13.1. The van der Waals surface area contributed by atoms with E-state index in [4.69, 9.17) is 0 Å². The highest BCUT2D eigenvalue weighted by Gasteiger charge is 2.34. The van der Waals surface area contributed by atoms with Crippen LogP contribution in [0.15, 0.2) is 24.4 Å². The fourth-order valence-electron chi connectivity index (χ4n) is 3.18. The van der Waals surface area contributed by atoms with Crippen molar-refractivity contribution < 1.29 is 13.6 Å². The molecule has 2 N–H and O–H groups in total. The van der Waals surface area contributed by atoms with Gasteiger partial charge in [-0.25, -0.2) is 8.78 Å². The minimum atomic E-state index is -2.52. The lowest BCUT2D eigenvalue weighted by Gasteiger charge is -2.28. The number of benzene rings is 1. The molecule has 2 aromatic rings. The van der Waals surface area contributed by atoms with Crippen LogP contribution in [0.25, 0.3) is 10.9 Å². The minimum Gasteiger partial charge on any atom is -0.360 e. The number of aromatic nitrogens is 1. The Morgan fingerprint density at radius 2 is 2.09 bits per heavy atom. The van der Waals surface area contributed by atoms with E-state index in [-0.39, 0.29) is 24.7 Å². The molecule has 0 radical (unpaired) electrons. The van der Waals surface area contributed by atoms with Gasteiger partial charge < -0.3 is 10.3 Å². The molecule has 1 aliphatic carbocycles. The number of alkyl halides is 2. The van der Waals surface area contributed by atoms with Gasteiger partial charge in [-0.3, -0.25) is 4.79 Å². The van der Waals surface area contributed by atoms with Crippen LogP contribution in [0.1, 0.15) is 41.6 Å². The van der Waals surface area contributed by atoms with Gasteiger partial charge in [-0.05, 0) is 37.3 Å². The Morgan fingerprint density at radius 3 is 2.82 bits per heavy atom. The molecule has 0 unspecified atom stereocenters. The molecular formula is C17H20F2N2O. The molecule has 0 aliphatic heterocycles. The number of carbonyl (C=O) groups is 1. The number of aryl methyl sites for hydroxylation is 1. The number of nitrogens with one attached hydrogen (secondary N) is 2. The first-order valence-electron chi connectivity index (χ1n) is 7.69. The topological polar surface area (TPSA) is 44.9 Å². The zero-order valence-corrected chi connectivity index (χ0v) is 12.6. The highest BCUT2D eigenvalue weighted by molar-refractivity contribution is 6.07. The Labute approximate surface area is 128 Å². The second-order valence-electron chi connectivity index (χ2n) is 6.21. The number of H-pyrrole nitrogens is 1. The van der Waals surface area contributed by atoms with Crippen LogP contribution in [-0.2, 0) is 0 Å². The van der Waals surface area contributed by atoms with E-state index in [0.29, 0.717) is 24.9 Å². The zero-order valence-electron chi connectivity index (χ0n) is 12.6. The molecule has 1 heterocycles. The molecule has 3 nitrogen and oxygen atoms in total. The predicted octanol–water partition coefficient (Wildman–Crippen LogP) is 4.03. The molecule has 1 fully saturated rings. The molecular weight excluding hydrogens is 286 g/mol. The average molecular weight is 306 g/mol. The molecule has 1 aliphatic rings. The first kappa shape index (κ1) is 15.0. The first-order chi connectivity index (χ1) is 10.5. The molecule has 118 valence electrons. The van der Waals surface area contributed by atoms with Crippen molar-refractivity contribution in [1.29, 1.82) is 0 Å². The lowest BCUT2D eigenvalue weighted by Crippen LogP contribution is -2.33. The maximum Gasteiger partial charge on any atom is 0.253 e. The van der Waals surface area contributed by atoms with E-state index >= 15 is 0 Å². The number of rotatable bonds is 3. The van der Waals surface area contributed by atoms with Crippen molar-refractivity contribution in [2.24, 2.45) is 5.92 Å². The van der Waals surface area contributed by atoms with Gasteiger partial charge in [0, 0.05) is 36.5 Å². The molecule has 1 aromatic heterocycles. The van der Waals surface area contributed by atoms with Gasteiger partial charge in [0.2, 0.25) is 5.92 Å². The molecule has 1 saturated carbocycles. The first-order valence-corrected chi connectivity index (χ1v) is 7.69. The molecule has 22 heavy (non-hydrogen) atoms. The summed E-state index contributed by atoms with van der Waals surface area (Å²) in [4.78, 5) is 15.5. The summed E-state index contributed by atoms with van der Waals surface area (Å²) in [6.45, 7) is 2.43. The monoisotopic (exact) mass is 306 g/mol. The standard InChI is InChI=1S/C17H20F2N2O/c1-11-3-2-4-14-15(11)13(10-20-14)16(22)21-9-12-5-7-17(18,19)8-6-12/h2-4,10,12,20H,5-9H2,1H3,(H,21,22). The summed E-state index contributed by atoms with van der Waals surface area (Å²) in [5.74, 6) is -2.51. The summed E-state index contributed by atoms with van der Waals surface area (Å²) in [7, 11) is 0. The van der Waals surface area contributed by atoms with Gasteiger partial charge >= 0.3 is 0 Å². The van der Waals surface area contributed by atoms with Crippen molar-refractivity contribution in [2.45, 2.75) is 38.5 Å². The van der Waals surface area contributed by atoms with Crippen LogP contribution in [0.2, 0.25) is 0 Å². The summed E-state index contributed by atoms with van der Waals surface area (Å²) < 4.78 is 26.3. The largest absolute Gasteiger partial charge is 0.360 e. The quantitative estimate of drug-likeness (QED) is 0.883. The Kier molecular flexibility index (Phi) is 3.89. The highest BCUT2D eigenvalue weighted by atomic mass is 19.3. The van der Waals surface area contributed by atoms with Crippen molar-refractivity contribution in [1.82, 2.24) is 10.3 Å². The van der Waals surface area contributed by atoms with Crippen molar-refractivity contribution in [2.75, 3.05) is 6.54 Å². The van der Waals surface area contributed by atoms with Gasteiger partial charge in [-0.15, -0.1) is 0 Å². The summed E-state index contributed by atoms with van der Waals surface area (Å²) in [6.07, 6.45) is 2.52. The van der Waals surface area contributed by atoms with E-state index in [9.17, 15) is 13.6 Å². The maximum absolute atomic E-state index is 13.1. The third-order valence-electron chi connectivity index (χ3n) is 4.55. The molecule has 0 spiro atoms. The molecule has 5 heteroatoms. The summed E-state index contributed by atoms with van der Waals surface area (Å²) in [5, 5.41) is 3.82. The van der Waals surface area contributed by atoms with Crippen LogP contribution in [0, 0.1) is 12.8 Å². The summed E-state index contributed by atoms with van der Waals surface area (Å²) >= 11 is 0. The lowest BCUT2D eigenvalue weighted by molar-refractivity contribution is -0.0452. The van der Waals surface area contributed by atoms with Gasteiger partial charge in [0.25, 0.3) is 5.91 Å². The van der Waals surface area contributed by atoms with E-state index < -0.39 is 5.92 Å². The SMILES string of the molecule is Cc1cccc2[nH]cc(C(=O)NCC3CCC(F)(F)CC3)c12. The number of halogens is 2. The zero-order chi connectivity index (χ0) is 15.7. The van der Waals surface area contributed by atoms with E-state index in [2.05, 4.69) is 10.3 Å². The summed E-state index contributed by atoms with van der Waals surface area (Å²) in [6, 6.07) is 5.84. The van der Waals surface area contributed by atoms with E-state index in [0.717, 1.165) is 16.5 Å². The molecule has 1 aromatic carbocycles. The smallest absolute Gasteiger partial charge is 0.253 e. The Morgan fingerprint density at radius 1 is 1.36 bits per heavy atom. The lowest BCUT2D eigenvalue weighted by atomic mass is 9.87. The van der Waals surface area contributed by atoms with Gasteiger partial charge in [0.05, 0.1) is 5.56 Å². The van der Waals surface area contributed by atoms with Gasteiger partial charge in [0.1, 0.15) is 0 Å². The van der Waals surface area contributed by atoms with Crippen LogP contribution in [-0.4, -0.2) is 23.4 Å². The Hall–Kier alpha value is -1.91. The number of amides is 1. The second-order valence-corrected chi connectivity index (χ2v) is 6.21. The van der Waals surface area contributed by atoms with Crippen LogP contribution < -0.4 is 5.32 Å². The number of aromatic amines is 1. The van der Waals surface area contributed by atoms with Crippen LogP contribution >= 0.6 is 0 Å². The molecule has 3 rings (SSSR count). The average Bonchev–Trinajstić information content (AvgIpc) is 2.91. The predicted molar refractivity (Wildman–Crippen MR) is 82.3 cm³/mol. The number of fused-ring (bicyclic) bond motifs is 1. The minimum absolute atomic E-state index is 0.0697. The van der Waals surface area contributed by atoms with Gasteiger partial charge in [-0.1, -0.05) is 12.1 Å². The number of carbonyl (C=O) groups excluding carboxylic acids is 1. The normalized spacial score (nSPS) is 18.5. The molecule has 0 atom stereocenters. The number of hydrogen-bond donors (Lipinski definition) is 2. The van der Waals surface area contributed by atoms with Crippen LogP contribution in [0.4, 0.5) is 8.78 Å². The van der Waals surface area contributed by atoms with E-state index in [1.54, 1.807) is 6.20 Å². The van der Waals surface area contributed by atoms with Crippen molar-refractivity contribution >= 4 is 16.8 Å². The van der Waals surface area contributed by atoms with Crippen LogP contribution in [0.5, 0.6) is 0 Å².